The first kappa shape index (κ1) is 15.2. The predicted molar refractivity (Wildman–Crippen MR) is 86.8 cm³/mol. The number of nitrogens with one attached hydrogen (secondary N) is 1. The summed E-state index contributed by atoms with van der Waals surface area (Å²) in [5.41, 5.74) is 11.0. The molecule has 0 atom stereocenters. The van der Waals surface area contributed by atoms with Crippen molar-refractivity contribution in [1.82, 2.24) is 10.4 Å². The second-order valence-corrected chi connectivity index (χ2v) is 5.51. The van der Waals surface area contributed by atoms with Crippen LogP contribution >= 0.6 is 11.3 Å². The average molecular weight is 302 g/mol. The maximum absolute atomic E-state index is 12.0. The number of hydrazone groups is 1. The fourth-order valence-electron chi connectivity index (χ4n) is 1.84. The van der Waals surface area contributed by atoms with Crippen molar-refractivity contribution in [3.05, 3.63) is 46.0 Å². The van der Waals surface area contributed by atoms with Crippen LogP contribution in [0, 0.1) is 0 Å². The van der Waals surface area contributed by atoms with Gasteiger partial charge in [0.15, 0.2) is 5.13 Å². The van der Waals surface area contributed by atoms with Crippen molar-refractivity contribution in [1.29, 1.82) is 0 Å². The molecule has 2 rings (SSSR count). The number of rotatable bonds is 5. The number of carbonyl (C=O) groups excluding carboxylic acids is 1. The molecule has 1 heterocycles. The van der Waals surface area contributed by atoms with Crippen LogP contribution in [0.25, 0.3) is 0 Å². The Bertz CT molecular complexity index is 646. The average Bonchev–Trinajstić information content (AvgIpc) is 2.89. The molecule has 2 aromatic rings. The van der Waals surface area contributed by atoms with Crippen LogP contribution in [0.4, 0.5) is 5.13 Å². The van der Waals surface area contributed by atoms with E-state index >= 15 is 0 Å². The largest absolute Gasteiger partial charge is 0.375 e. The molecule has 1 aromatic heterocycles. The van der Waals surface area contributed by atoms with Gasteiger partial charge in [0, 0.05) is 0 Å². The zero-order valence-corrected chi connectivity index (χ0v) is 12.9. The van der Waals surface area contributed by atoms with Crippen LogP contribution in [-0.4, -0.2) is 17.1 Å². The molecule has 0 spiro atoms. The molecule has 3 N–H and O–H groups in total. The highest BCUT2D eigenvalue weighted by atomic mass is 32.1. The lowest BCUT2D eigenvalue weighted by atomic mass is 10.1. The number of aromatic nitrogens is 1. The number of nitrogen functional groups attached to an aromatic ring is 1. The first-order valence-electron chi connectivity index (χ1n) is 6.81. The van der Waals surface area contributed by atoms with Gasteiger partial charge in [-0.05, 0) is 24.0 Å². The van der Waals surface area contributed by atoms with Gasteiger partial charge in [0.05, 0.1) is 11.9 Å². The standard InChI is InChI=1S/C15H18N4OS/c1-3-10-5-7-11(8-6-10)9-17-19-14(20)13-12(4-2)18-15(16)21-13/h5-9H,3-4H2,1-2H3,(H2,16,18)(H,19,20)/b17-9-. The summed E-state index contributed by atoms with van der Waals surface area (Å²) < 4.78 is 0. The Hall–Kier alpha value is -2.21. The molecule has 1 aromatic carbocycles. The van der Waals surface area contributed by atoms with E-state index in [1.807, 2.05) is 31.2 Å². The Kier molecular flexibility index (Phi) is 5.05. The number of carbonyl (C=O) groups is 1. The van der Waals surface area contributed by atoms with Crippen LogP contribution in [0.5, 0.6) is 0 Å². The third-order valence-corrected chi connectivity index (χ3v) is 3.95. The van der Waals surface area contributed by atoms with Crippen LogP contribution in [-0.2, 0) is 12.8 Å². The van der Waals surface area contributed by atoms with Gasteiger partial charge in [-0.3, -0.25) is 4.79 Å². The summed E-state index contributed by atoms with van der Waals surface area (Å²) in [6.45, 7) is 4.04. The third-order valence-electron chi connectivity index (χ3n) is 3.02. The number of aryl methyl sites for hydroxylation is 2. The van der Waals surface area contributed by atoms with Crippen LogP contribution in [0.1, 0.15) is 40.3 Å². The molecule has 0 fully saturated rings. The van der Waals surface area contributed by atoms with E-state index in [4.69, 9.17) is 5.73 Å². The van der Waals surface area contributed by atoms with Crippen molar-refractivity contribution in [2.24, 2.45) is 5.10 Å². The van der Waals surface area contributed by atoms with E-state index in [0.29, 0.717) is 22.1 Å². The number of nitrogens with zero attached hydrogens (tertiary/aromatic N) is 2. The molecule has 0 aliphatic carbocycles. The second-order valence-electron chi connectivity index (χ2n) is 4.48. The molecule has 0 aliphatic heterocycles. The highest BCUT2D eigenvalue weighted by Gasteiger charge is 2.15. The topological polar surface area (TPSA) is 80.4 Å². The molecular weight excluding hydrogens is 284 g/mol. The number of nitrogens with two attached hydrogens (primary N) is 1. The van der Waals surface area contributed by atoms with Gasteiger partial charge in [0.1, 0.15) is 4.88 Å². The van der Waals surface area contributed by atoms with Crippen LogP contribution in [0.2, 0.25) is 0 Å². The van der Waals surface area contributed by atoms with Gasteiger partial charge < -0.3 is 5.73 Å². The van der Waals surface area contributed by atoms with E-state index in [1.165, 1.54) is 16.9 Å². The van der Waals surface area contributed by atoms with E-state index < -0.39 is 0 Å². The molecule has 0 unspecified atom stereocenters. The number of hydrogen-bond donors (Lipinski definition) is 2. The smallest absolute Gasteiger partial charge is 0.283 e. The normalized spacial score (nSPS) is 11.0. The minimum Gasteiger partial charge on any atom is -0.375 e. The lowest BCUT2D eigenvalue weighted by molar-refractivity contribution is 0.0958. The number of hydrogen-bond acceptors (Lipinski definition) is 5. The van der Waals surface area contributed by atoms with E-state index in [0.717, 1.165) is 12.0 Å². The molecule has 0 radical (unpaired) electrons. The molecule has 6 heteroatoms. The van der Waals surface area contributed by atoms with Gasteiger partial charge in [-0.1, -0.05) is 49.4 Å². The van der Waals surface area contributed by atoms with Gasteiger partial charge in [-0.2, -0.15) is 5.10 Å². The van der Waals surface area contributed by atoms with Crippen molar-refractivity contribution in [3.63, 3.8) is 0 Å². The number of benzene rings is 1. The fraction of sp³-hybridized carbons (Fsp3) is 0.267. The molecule has 110 valence electrons. The van der Waals surface area contributed by atoms with Gasteiger partial charge in [0.25, 0.3) is 5.91 Å². The summed E-state index contributed by atoms with van der Waals surface area (Å²) in [5.74, 6) is -0.275. The lowest BCUT2D eigenvalue weighted by Crippen LogP contribution is -2.17. The Labute approximate surface area is 127 Å². The Morgan fingerprint density at radius 1 is 1.33 bits per heavy atom. The molecule has 0 saturated carbocycles. The summed E-state index contributed by atoms with van der Waals surface area (Å²) >= 11 is 1.18. The predicted octanol–water partition coefficient (Wildman–Crippen LogP) is 2.61. The summed E-state index contributed by atoms with van der Waals surface area (Å²) in [4.78, 5) is 16.7. The molecular formula is C15H18N4OS. The minimum atomic E-state index is -0.275. The third kappa shape index (κ3) is 3.88. The summed E-state index contributed by atoms with van der Waals surface area (Å²) in [7, 11) is 0. The van der Waals surface area contributed by atoms with Crippen molar-refractivity contribution in [2.45, 2.75) is 26.7 Å². The zero-order valence-electron chi connectivity index (χ0n) is 12.1. The minimum absolute atomic E-state index is 0.275. The summed E-state index contributed by atoms with van der Waals surface area (Å²) in [6, 6.07) is 8.03. The van der Waals surface area contributed by atoms with Gasteiger partial charge in [-0.15, -0.1) is 0 Å². The van der Waals surface area contributed by atoms with Gasteiger partial charge in [0.2, 0.25) is 0 Å². The van der Waals surface area contributed by atoms with E-state index in [2.05, 4.69) is 22.4 Å². The molecule has 0 saturated heterocycles. The van der Waals surface area contributed by atoms with Gasteiger partial charge in [-0.25, -0.2) is 10.4 Å². The molecule has 1 amide bonds. The van der Waals surface area contributed by atoms with Crippen molar-refractivity contribution in [2.75, 3.05) is 5.73 Å². The second kappa shape index (κ2) is 6.99. The van der Waals surface area contributed by atoms with Gasteiger partial charge >= 0.3 is 0 Å². The first-order valence-corrected chi connectivity index (χ1v) is 7.63. The fourth-order valence-corrected chi connectivity index (χ4v) is 2.65. The summed E-state index contributed by atoms with van der Waals surface area (Å²) in [6.07, 6.45) is 3.28. The highest BCUT2D eigenvalue weighted by Crippen LogP contribution is 2.20. The van der Waals surface area contributed by atoms with Crippen LogP contribution < -0.4 is 11.2 Å². The Morgan fingerprint density at radius 3 is 2.67 bits per heavy atom. The lowest BCUT2D eigenvalue weighted by Gasteiger charge is -1.99. The maximum atomic E-state index is 12.0. The van der Waals surface area contributed by atoms with Crippen molar-refractivity contribution < 1.29 is 4.79 Å². The van der Waals surface area contributed by atoms with E-state index in [1.54, 1.807) is 6.21 Å². The quantitative estimate of drug-likeness (QED) is 0.658. The zero-order chi connectivity index (χ0) is 15.2. The maximum Gasteiger partial charge on any atom is 0.283 e. The molecule has 21 heavy (non-hydrogen) atoms. The Morgan fingerprint density at radius 2 is 2.05 bits per heavy atom. The molecule has 0 aliphatic rings. The Balaban J connectivity index is 2.01. The highest BCUT2D eigenvalue weighted by molar-refractivity contribution is 7.17. The number of amides is 1. The SMILES string of the molecule is CCc1ccc(/C=N\NC(=O)c2sc(N)nc2CC)cc1. The van der Waals surface area contributed by atoms with E-state index in [-0.39, 0.29) is 5.91 Å². The number of thiazole rings is 1. The van der Waals surface area contributed by atoms with Crippen LogP contribution in [0.15, 0.2) is 29.4 Å². The van der Waals surface area contributed by atoms with Crippen molar-refractivity contribution >= 4 is 28.6 Å². The summed E-state index contributed by atoms with van der Waals surface area (Å²) in [5, 5.41) is 4.37. The van der Waals surface area contributed by atoms with Crippen LogP contribution in [0.3, 0.4) is 0 Å². The first-order chi connectivity index (χ1) is 10.1. The molecule has 5 nitrogen and oxygen atoms in total. The van der Waals surface area contributed by atoms with E-state index in [9.17, 15) is 4.79 Å². The monoisotopic (exact) mass is 302 g/mol. The molecule has 0 bridgehead atoms. The number of anilines is 1. The van der Waals surface area contributed by atoms with Crippen molar-refractivity contribution in [3.8, 4) is 0 Å².